The Hall–Kier alpha value is -4.39. The standard InChI is InChI=1S/C35H40N6O6S/c1-46-34(45)35-19-22(35)9-5-3-2-4-6-11-26(37-28(42)17-21-12-13-21)33(44)41-20-23(18-27(41)30(43)40-35)47-31-24-14-16-48-32(24)39-29(38-31)25-10-7-8-15-36-25/h5,7-10,14-16,21-23,26-27H,2-4,6,11-13,17-20H2,1H3,(H,37,42)(H,40,43)/b9-5-/t22-,23+,26-,27-,35+/m0/s1. The van der Waals surface area contributed by atoms with Gasteiger partial charge in [0.15, 0.2) is 5.82 Å². The zero-order chi connectivity index (χ0) is 33.3. The highest BCUT2D eigenvalue weighted by Crippen LogP contribution is 2.46. The number of carbonyl (C=O) groups is 4. The number of hydrogen-bond acceptors (Lipinski definition) is 10. The smallest absolute Gasteiger partial charge is 0.332 e. The van der Waals surface area contributed by atoms with Gasteiger partial charge in [-0.2, -0.15) is 4.98 Å². The largest absolute Gasteiger partial charge is 0.472 e. The molecule has 4 aliphatic rings. The van der Waals surface area contributed by atoms with E-state index >= 15 is 0 Å². The van der Waals surface area contributed by atoms with Crippen LogP contribution in [0.15, 0.2) is 48.0 Å². The van der Waals surface area contributed by atoms with E-state index in [2.05, 4.69) is 26.7 Å². The second-order valence-electron chi connectivity index (χ2n) is 13.3. The van der Waals surface area contributed by atoms with Crippen LogP contribution in [-0.4, -0.2) is 80.9 Å². The van der Waals surface area contributed by atoms with Gasteiger partial charge >= 0.3 is 5.97 Å². The summed E-state index contributed by atoms with van der Waals surface area (Å²) in [6.07, 6.45) is 12.0. The van der Waals surface area contributed by atoms with E-state index in [1.807, 2.05) is 35.7 Å². The van der Waals surface area contributed by atoms with Crippen molar-refractivity contribution in [3.63, 3.8) is 0 Å². The first-order valence-electron chi connectivity index (χ1n) is 16.8. The van der Waals surface area contributed by atoms with Gasteiger partial charge in [-0.1, -0.05) is 31.1 Å². The number of nitrogens with zero attached hydrogens (tertiary/aromatic N) is 4. The second-order valence-corrected chi connectivity index (χ2v) is 14.2. The van der Waals surface area contributed by atoms with Crippen LogP contribution in [0.25, 0.3) is 21.7 Å². The number of nitrogens with one attached hydrogen (secondary N) is 2. The molecule has 0 aromatic carbocycles. The number of rotatable bonds is 7. The number of carbonyl (C=O) groups excluding carboxylic acids is 4. The fourth-order valence-corrected chi connectivity index (χ4v) is 7.59. The molecule has 2 aliphatic carbocycles. The molecule has 13 heteroatoms. The Balaban J connectivity index is 1.19. The lowest BCUT2D eigenvalue weighted by molar-refractivity contribution is -0.148. The van der Waals surface area contributed by atoms with Crippen LogP contribution in [0.5, 0.6) is 5.88 Å². The zero-order valence-electron chi connectivity index (χ0n) is 26.9. The number of pyridine rings is 1. The van der Waals surface area contributed by atoms with Gasteiger partial charge in [-0.25, -0.2) is 9.78 Å². The van der Waals surface area contributed by atoms with Crippen LogP contribution in [0.4, 0.5) is 0 Å². The molecule has 12 nitrogen and oxygen atoms in total. The third-order valence-corrected chi connectivity index (χ3v) is 10.6. The Kier molecular flexibility index (Phi) is 9.13. The minimum Gasteiger partial charge on any atom is -0.472 e. The van der Waals surface area contributed by atoms with Crippen molar-refractivity contribution in [2.75, 3.05) is 13.7 Å². The van der Waals surface area contributed by atoms with Crippen LogP contribution in [0, 0.1) is 11.8 Å². The van der Waals surface area contributed by atoms with Gasteiger partial charge in [0.1, 0.15) is 34.3 Å². The summed E-state index contributed by atoms with van der Waals surface area (Å²) in [5.74, 6) is -0.491. The molecule has 1 saturated heterocycles. The Morgan fingerprint density at radius 1 is 1.12 bits per heavy atom. The molecular weight excluding hydrogens is 632 g/mol. The van der Waals surface area contributed by atoms with Crippen LogP contribution in [-0.2, 0) is 23.9 Å². The van der Waals surface area contributed by atoms with Gasteiger partial charge in [0, 0.05) is 25.0 Å². The average molecular weight is 673 g/mol. The predicted octanol–water partition coefficient (Wildman–Crippen LogP) is 3.95. The topological polar surface area (TPSA) is 153 Å². The summed E-state index contributed by atoms with van der Waals surface area (Å²) in [7, 11) is 1.31. The third-order valence-electron chi connectivity index (χ3n) is 9.76. The van der Waals surface area contributed by atoms with Crippen LogP contribution in [0.3, 0.4) is 0 Å². The number of esters is 1. The molecular formula is C35H40N6O6S. The molecule has 0 bridgehead atoms. The van der Waals surface area contributed by atoms with Gasteiger partial charge in [0.05, 0.1) is 19.0 Å². The Bertz CT molecular complexity index is 1730. The quantitative estimate of drug-likeness (QED) is 0.281. The molecule has 3 fully saturated rings. The number of amides is 3. The highest BCUT2D eigenvalue weighted by atomic mass is 32.1. The third kappa shape index (κ3) is 6.78. The van der Waals surface area contributed by atoms with Crippen LogP contribution >= 0.6 is 11.3 Å². The van der Waals surface area contributed by atoms with E-state index in [-0.39, 0.29) is 30.7 Å². The normalized spacial score (nSPS) is 28.3. The summed E-state index contributed by atoms with van der Waals surface area (Å²) in [5, 5.41) is 8.61. The summed E-state index contributed by atoms with van der Waals surface area (Å²) in [5.41, 5.74) is -0.585. The number of aromatic nitrogens is 3. The zero-order valence-corrected chi connectivity index (χ0v) is 27.7. The maximum absolute atomic E-state index is 14.4. The number of fused-ring (bicyclic) bond motifs is 3. The van der Waals surface area contributed by atoms with E-state index in [1.165, 1.54) is 23.3 Å². The molecule has 48 heavy (non-hydrogen) atoms. The van der Waals surface area contributed by atoms with Crippen molar-refractivity contribution in [1.29, 1.82) is 0 Å². The van der Waals surface area contributed by atoms with Crippen molar-refractivity contribution < 1.29 is 28.7 Å². The molecule has 5 heterocycles. The molecule has 0 radical (unpaired) electrons. The van der Waals surface area contributed by atoms with Gasteiger partial charge in [0.25, 0.3) is 0 Å². The van der Waals surface area contributed by atoms with Crippen molar-refractivity contribution in [3.05, 3.63) is 48.0 Å². The van der Waals surface area contributed by atoms with E-state index in [0.29, 0.717) is 42.6 Å². The molecule has 3 amide bonds. The molecule has 2 saturated carbocycles. The van der Waals surface area contributed by atoms with E-state index in [1.54, 1.807) is 6.20 Å². The van der Waals surface area contributed by atoms with Gasteiger partial charge in [-0.05, 0) is 68.0 Å². The molecule has 5 atom stereocenters. The van der Waals surface area contributed by atoms with E-state index < -0.39 is 35.6 Å². The van der Waals surface area contributed by atoms with Crippen molar-refractivity contribution >= 4 is 45.2 Å². The van der Waals surface area contributed by atoms with Gasteiger partial charge < -0.3 is 25.0 Å². The highest BCUT2D eigenvalue weighted by molar-refractivity contribution is 7.16. The Morgan fingerprint density at radius 3 is 2.79 bits per heavy atom. The summed E-state index contributed by atoms with van der Waals surface area (Å²) in [6, 6.07) is 5.68. The van der Waals surface area contributed by atoms with Crippen LogP contribution in [0.2, 0.25) is 0 Å². The summed E-state index contributed by atoms with van der Waals surface area (Å²) < 4.78 is 11.6. The molecule has 252 valence electrons. The van der Waals surface area contributed by atoms with E-state index in [4.69, 9.17) is 14.5 Å². The van der Waals surface area contributed by atoms with Crippen LogP contribution < -0.4 is 15.4 Å². The average Bonchev–Trinajstić information content (AvgIpc) is 3.92. The Morgan fingerprint density at radius 2 is 2.00 bits per heavy atom. The molecule has 7 rings (SSSR count). The molecule has 2 aliphatic heterocycles. The predicted molar refractivity (Wildman–Crippen MR) is 178 cm³/mol. The maximum atomic E-state index is 14.4. The molecule has 3 aromatic rings. The molecule has 0 spiro atoms. The van der Waals surface area contributed by atoms with Gasteiger partial charge in [0.2, 0.25) is 23.6 Å². The number of ether oxygens (including phenoxy) is 2. The van der Waals surface area contributed by atoms with Crippen molar-refractivity contribution in [3.8, 4) is 17.4 Å². The summed E-state index contributed by atoms with van der Waals surface area (Å²) >= 11 is 1.45. The van der Waals surface area contributed by atoms with Gasteiger partial charge in [-0.15, -0.1) is 11.3 Å². The van der Waals surface area contributed by atoms with Crippen LogP contribution in [0.1, 0.15) is 64.2 Å². The monoisotopic (exact) mass is 672 g/mol. The number of thiophene rings is 1. The minimum absolute atomic E-state index is 0.106. The maximum Gasteiger partial charge on any atom is 0.332 e. The lowest BCUT2D eigenvalue weighted by Gasteiger charge is -2.29. The fourth-order valence-electron chi connectivity index (χ4n) is 6.84. The SMILES string of the molecule is COC(=O)[C@@]12C[C@@H]1/C=C\CCCCC[C@H](NC(=O)CC1CC1)C(=O)N1C[C@H](Oc3nc(-c4ccccn4)nc4sccc34)C[C@H]1C(=O)N2. The molecule has 2 N–H and O–H groups in total. The first-order chi connectivity index (χ1) is 23.3. The first kappa shape index (κ1) is 32.2. The first-order valence-corrected chi connectivity index (χ1v) is 17.7. The van der Waals surface area contributed by atoms with Crippen molar-refractivity contribution in [1.82, 2.24) is 30.5 Å². The summed E-state index contributed by atoms with van der Waals surface area (Å²) in [4.78, 5) is 70.5. The number of methoxy groups -OCH3 is 1. The Labute approximate surface area is 282 Å². The van der Waals surface area contributed by atoms with Gasteiger partial charge in [-0.3, -0.25) is 19.4 Å². The number of hydrogen-bond donors (Lipinski definition) is 2. The number of allylic oxidation sites excluding steroid dienone is 1. The molecule has 0 unspecified atom stereocenters. The van der Waals surface area contributed by atoms with E-state index in [9.17, 15) is 19.2 Å². The lowest BCUT2D eigenvalue weighted by Crippen LogP contribution is -2.56. The van der Waals surface area contributed by atoms with Crippen molar-refractivity contribution in [2.24, 2.45) is 11.8 Å². The summed E-state index contributed by atoms with van der Waals surface area (Å²) in [6.45, 7) is 0.106. The fraction of sp³-hybridized carbons (Fsp3) is 0.514. The molecule has 3 aromatic heterocycles. The van der Waals surface area contributed by atoms with E-state index in [0.717, 1.165) is 48.7 Å². The second kappa shape index (κ2) is 13.6. The highest BCUT2D eigenvalue weighted by Gasteiger charge is 2.62. The van der Waals surface area contributed by atoms with Crippen molar-refractivity contribution in [2.45, 2.75) is 87.9 Å². The minimum atomic E-state index is -1.18. The lowest BCUT2D eigenvalue weighted by atomic mass is 10.0.